The summed E-state index contributed by atoms with van der Waals surface area (Å²) in [7, 11) is 0. The summed E-state index contributed by atoms with van der Waals surface area (Å²) in [6.07, 6.45) is -0.977. The molecule has 0 aliphatic carbocycles. The predicted molar refractivity (Wildman–Crippen MR) is 63.2 cm³/mol. The first kappa shape index (κ1) is 13.0. The molecule has 0 bridgehead atoms. The average Bonchev–Trinajstić information content (AvgIpc) is 2.20. The van der Waals surface area contributed by atoms with Crippen LogP contribution in [0.3, 0.4) is 0 Å². The standard InChI is InChI=1S/C12H15ClO3/c1-7(14)9(3)16-12-5-4-10(13)6-11(12)8(2)15/h4-7,9,14H,1-3H3. The van der Waals surface area contributed by atoms with Gasteiger partial charge in [0.25, 0.3) is 0 Å². The third-order valence-electron chi connectivity index (χ3n) is 2.31. The van der Waals surface area contributed by atoms with Gasteiger partial charge in [-0.1, -0.05) is 11.6 Å². The van der Waals surface area contributed by atoms with Crippen LogP contribution in [-0.4, -0.2) is 23.1 Å². The minimum atomic E-state index is -0.601. The number of halogens is 1. The van der Waals surface area contributed by atoms with E-state index in [-0.39, 0.29) is 11.9 Å². The van der Waals surface area contributed by atoms with Crippen LogP contribution in [-0.2, 0) is 0 Å². The molecular weight excluding hydrogens is 228 g/mol. The number of carbonyl (C=O) groups is 1. The number of aliphatic hydroxyl groups excluding tert-OH is 1. The summed E-state index contributed by atoms with van der Waals surface area (Å²) in [5.74, 6) is 0.334. The molecule has 0 radical (unpaired) electrons. The van der Waals surface area contributed by atoms with E-state index >= 15 is 0 Å². The number of carbonyl (C=O) groups excluding carboxylic acids is 1. The van der Waals surface area contributed by atoms with Crippen molar-refractivity contribution in [1.82, 2.24) is 0 Å². The van der Waals surface area contributed by atoms with Crippen molar-refractivity contribution in [2.45, 2.75) is 33.0 Å². The van der Waals surface area contributed by atoms with Crippen LogP contribution < -0.4 is 4.74 Å². The largest absolute Gasteiger partial charge is 0.487 e. The Kier molecular flexibility index (Phi) is 4.33. The minimum absolute atomic E-state index is 0.115. The predicted octanol–water partition coefficient (Wildman–Crippen LogP) is 2.69. The van der Waals surface area contributed by atoms with Gasteiger partial charge in [-0.25, -0.2) is 0 Å². The van der Waals surface area contributed by atoms with Gasteiger partial charge < -0.3 is 9.84 Å². The molecule has 0 saturated carbocycles. The number of ether oxygens (including phenoxy) is 1. The maximum Gasteiger partial charge on any atom is 0.163 e. The van der Waals surface area contributed by atoms with Crippen molar-refractivity contribution in [3.8, 4) is 5.75 Å². The SMILES string of the molecule is CC(=O)c1cc(Cl)ccc1OC(C)C(C)O. The van der Waals surface area contributed by atoms with Crippen LogP contribution in [0, 0.1) is 0 Å². The van der Waals surface area contributed by atoms with Crippen molar-refractivity contribution >= 4 is 17.4 Å². The Balaban J connectivity index is 2.99. The molecule has 1 rings (SSSR count). The minimum Gasteiger partial charge on any atom is -0.487 e. The molecule has 0 saturated heterocycles. The van der Waals surface area contributed by atoms with E-state index < -0.39 is 6.10 Å². The first-order valence-electron chi connectivity index (χ1n) is 5.07. The molecule has 0 aliphatic heterocycles. The van der Waals surface area contributed by atoms with Gasteiger partial charge >= 0.3 is 0 Å². The zero-order valence-corrected chi connectivity index (χ0v) is 10.3. The van der Waals surface area contributed by atoms with E-state index in [1.54, 1.807) is 32.0 Å². The Hall–Kier alpha value is -1.06. The number of aliphatic hydroxyl groups is 1. The van der Waals surface area contributed by atoms with E-state index in [9.17, 15) is 9.90 Å². The van der Waals surface area contributed by atoms with Gasteiger partial charge in [-0.3, -0.25) is 4.79 Å². The first-order chi connectivity index (χ1) is 7.41. The highest BCUT2D eigenvalue weighted by molar-refractivity contribution is 6.31. The highest BCUT2D eigenvalue weighted by atomic mass is 35.5. The van der Waals surface area contributed by atoms with Gasteiger partial charge in [-0.05, 0) is 39.0 Å². The number of hydrogen-bond donors (Lipinski definition) is 1. The Morgan fingerprint density at radius 2 is 2.06 bits per heavy atom. The third kappa shape index (κ3) is 3.22. The summed E-state index contributed by atoms with van der Waals surface area (Å²) >= 11 is 5.80. The van der Waals surface area contributed by atoms with Crippen molar-refractivity contribution in [1.29, 1.82) is 0 Å². The van der Waals surface area contributed by atoms with Crippen molar-refractivity contribution in [2.24, 2.45) is 0 Å². The maximum atomic E-state index is 11.4. The highest BCUT2D eigenvalue weighted by Crippen LogP contribution is 2.24. The molecular formula is C12H15ClO3. The number of rotatable bonds is 4. The second-order valence-electron chi connectivity index (χ2n) is 3.76. The number of hydrogen-bond acceptors (Lipinski definition) is 3. The normalized spacial score (nSPS) is 14.3. The van der Waals surface area contributed by atoms with Crippen LogP contribution in [0.25, 0.3) is 0 Å². The Bertz CT molecular complexity index is 388. The topological polar surface area (TPSA) is 46.5 Å². The van der Waals surface area contributed by atoms with Crippen LogP contribution in [0.4, 0.5) is 0 Å². The summed E-state index contributed by atoms with van der Waals surface area (Å²) < 4.78 is 5.49. The molecule has 1 aromatic carbocycles. The molecule has 0 aliphatic rings. The number of benzene rings is 1. The molecule has 88 valence electrons. The fourth-order valence-corrected chi connectivity index (χ4v) is 1.35. The average molecular weight is 243 g/mol. The molecule has 0 aromatic heterocycles. The molecule has 0 spiro atoms. The smallest absolute Gasteiger partial charge is 0.163 e. The van der Waals surface area contributed by atoms with E-state index in [1.165, 1.54) is 6.92 Å². The van der Waals surface area contributed by atoms with Crippen molar-refractivity contribution < 1.29 is 14.6 Å². The summed E-state index contributed by atoms with van der Waals surface area (Å²) in [5, 5.41) is 9.82. The van der Waals surface area contributed by atoms with E-state index in [1.807, 2.05) is 0 Å². The van der Waals surface area contributed by atoms with Crippen LogP contribution in [0.5, 0.6) is 5.75 Å². The lowest BCUT2D eigenvalue weighted by atomic mass is 10.1. The molecule has 0 heterocycles. The van der Waals surface area contributed by atoms with Gasteiger partial charge in [0, 0.05) is 5.02 Å². The lowest BCUT2D eigenvalue weighted by Gasteiger charge is -2.18. The molecule has 2 atom stereocenters. The quantitative estimate of drug-likeness (QED) is 0.826. The van der Waals surface area contributed by atoms with Crippen LogP contribution >= 0.6 is 11.6 Å². The van der Waals surface area contributed by atoms with Gasteiger partial charge in [-0.15, -0.1) is 0 Å². The Morgan fingerprint density at radius 1 is 1.44 bits per heavy atom. The number of ketones is 1. The van der Waals surface area contributed by atoms with Gasteiger partial charge in [0.1, 0.15) is 11.9 Å². The molecule has 0 amide bonds. The van der Waals surface area contributed by atoms with Gasteiger partial charge in [0.05, 0.1) is 11.7 Å². The van der Waals surface area contributed by atoms with Gasteiger partial charge in [-0.2, -0.15) is 0 Å². The highest BCUT2D eigenvalue weighted by Gasteiger charge is 2.15. The lowest BCUT2D eigenvalue weighted by Crippen LogP contribution is -2.26. The molecule has 1 N–H and O–H groups in total. The van der Waals surface area contributed by atoms with Crippen molar-refractivity contribution in [3.05, 3.63) is 28.8 Å². The van der Waals surface area contributed by atoms with Crippen LogP contribution in [0.1, 0.15) is 31.1 Å². The van der Waals surface area contributed by atoms with E-state index in [0.717, 1.165) is 0 Å². The molecule has 16 heavy (non-hydrogen) atoms. The third-order valence-corrected chi connectivity index (χ3v) is 2.55. The van der Waals surface area contributed by atoms with E-state index in [0.29, 0.717) is 16.3 Å². The zero-order chi connectivity index (χ0) is 12.3. The maximum absolute atomic E-state index is 11.4. The van der Waals surface area contributed by atoms with Crippen molar-refractivity contribution in [2.75, 3.05) is 0 Å². The Labute approximate surface area is 100.0 Å². The second-order valence-corrected chi connectivity index (χ2v) is 4.20. The van der Waals surface area contributed by atoms with E-state index in [2.05, 4.69) is 0 Å². The fourth-order valence-electron chi connectivity index (χ4n) is 1.18. The summed E-state index contributed by atoms with van der Waals surface area (Å²) in [5.41, 5.74) is 0.431. The summed E-state index contributed by atoms with van der Waals surface area (Å²) in [6, 6.07) is 4.85. The molecule has 4 heteroatoms. The summed E-state index contributed by atoms with van der Waals surface area (Å²) in [4.78, 5) is 11.4. The fraction of sp³-hybridized carbons (Fsp3) is 0.417. The first-order valence-corrected chi connectivity index (χ1v) is 5.45. The zero-order valence-electron chi connectivity index (χ0n) is 9.53. The molecule has 0 fully saturated rings. The van der Waals surface area contributed by atoms with Crippen molar-refractivity contribution in [3.63, 3.8) is 0 Å². The lowest BCUT2D eigenvalue weighted by molar-refractivity contribution is 0.0594. The van der Waals surface area contributed by atoms with E-state index in [4.69, 9.17) is 16.3 Å². The molecule has 3 nitrogen and oxygen atoms in total. The van der Waals surface area contributed by atoms with Gasteiger partial charge in [0.15, 0.2) is 5.78 Å². The summed E-state index contributed by atoms with van der Waals surface area (Å²) in [6.45, 7) is 4.82. The number of Topliss-reactive ketones (excluding diaryl/α,β-unsaturated/α-hetero) is 1. The molecule has 2 unspecified atom stereocenters. The van der Waals surface area contributed by atoms with Gasteiger partial charge in [0.2, 0.25) is 0 Å². The monoisotopic (exact) mass is 242 g/mol. The van der Waals surface area contributed by atoms with Crippen LogP contribution in [0.15, 0.2) is 18.2 Å². The van der Waals surface area contributed by atoms with Crippen LogP contribution in [0.2, 0.25) is 5.02 Å². The molecule has 1 aromatic rings. The Morgan fingerprint density at radius 3 is 2.56 bits per heavy atom. The second kappa shape index (κ2) is 5.32.